The average Bonchev–Trinajstić information content (AvgIpc) is 2.61. The molecule has 0 saturated carbocycles. The monoisotopic (exact) mass is 354 g/mol. The van der Waals surface area contributed by atoms with Crippen LogP contribution in [0.15, 0.2) is 47.2 Å². The van der Waals surface area contributed by atoms with E-state index in [0.717, 1.165) is 18.2 Å². The number of nitrogens with one attached hydrogen (secondary N) is 1. The molecule has 1 atom stereocenters. The summed E-state index contributed by atoms with van der Waals surface area (Å²) in [5.41, 5.74) is 6.40. The van der Waals surface area contributed by atoms with Gasteiger partial charge in [-0.1, -0.05) is 51.2 Å². The number of allylic oxidation sites excluding steroid dienone is 4. The molecule has 0 aromatic heterocycles. The minimum Gasteiger partial charge on any atom is -0.385 e. The van der Waals surface area contributed by atoms with E-state index in [1.54, 1.807) is 11.1 Å². The van der Waals surface area contributed by atoms with E-state index in [9.17, 15) is 0 Å². The molecular weight excluding hydrogens is 316 g/mol. The zero-order valence-corrected chi connectivity index (χ0v) is 17.2. The van der Waals surface area contributed by atoms with Crippen molar-refractivity contribution in [2.45, 2.75) is 65.7 Å². The maximum atomic E-state index is 4.28. The van der Waals surface area contributed by atoms with Gasteiger partial charge in [0, 0.05) is 31.9 Å². The van der Waals surface area contributed by atoms with Crippen LogP contribution in [0.1, 0.15) is 65.7 Å². The molecule has 0 fully saturated rings. The van der Waals surface area contributed by atoms with Crippen LogP contribution >= 0.6 is 0 Å². The summed E-state index contributed by atoms with van der Waals surface area (Å²) in [5.74, 6) is 0.732. The molecule has 26 heavy (non-hydrogen) atoms. The Balaban J connectivity index is 1.36. The first-order valence-electron chi connectivity index (χ1n) is 10.6. The second-order valence-corrected chi connectivity index (χ2v) is 9.45. The summed E-state index contributed by atoms with van der Waals surface area (Å²) in [5, 5.41) is 3.59. The van der Waals surface area contributed by atoms with E-state index >= 15 is 0 Å². The van der Waals surface area contributed by atoms with Crippen molar-refractivity contribution in [1.29, 1.82) is 0 Å². The smallest absolute Gasteiger partial charge is 0.0296 e. The fraction of sp³-hybridized carbons (Fsp3) is 0.667. The van der Waals surface area contributed by atoms with Gasteiger partial charge < -0.3 is 5.32 Å². The Labute approximate surface area is 161 Å². The Morgan fingerprint density at radius 1 is 1.31 bits per heavy atom. The third-order valence-corrected chi connectivity index (χ3v) is 6.40. The number of hydrogen-bond donors (Lipinski definition) is 1. The molecule has 144 valence electrons. The molecular formula is C24H38N2. The molecule has 0 saturated heterocycles. The summed E-state index contributed by atoms with van der Waals surface area (Å²) in [6.45, 7) is 16.1. The van der Waals surface area contributed by atoms with Gasteiger partial charge >= 0.3 is 0 Å². The molecule has 3 aliphatic rings. The van der Waals surface area contributed by atoms with E-state index < -0.39 is 0 Å². The van der Waals surface area contributed by atoms with Crippen LogP contribution in [0.4, 0.5) is 0 Å². The van der Waals surface area contributed by atoms with E-state index in [1.165, 1.54) is 70.2 Å². The van der Waals surface area contributed by atoms with Gasteiger partial charge in [0.15, 0.2) is 0 Å². The lowest BCUT2D eigenvalue weighted by Gasteiger charge is -2.33. The Morgan fingerprint density at radius 2 is 2.15 bits per heavy atom. The molecule has 0 aromatic rings. The quantitative estimate of drug-likeness (QED) is 0.640. The number of rotatable bonds is 7. The van der Waals surface area contributed by atoms with Crippen LogP contribution in [0.5, 0.6) is 0 Å². The maximum absolute atomic E-state index is 4.28. The molecule has 2 nitrogen and oxygen atoms in total. The molecule has 1 aliphatic heterocycles. The highest BCUT2D eigenvalue weighted by atomic mass is 15.1. The second kappa shape index (κ2) is 8.61. The van der Waals surface area contributed by atoms with Crippen LogP contribution in [0.25, 0.3) is 0 Å². The molecule has 2 aliphatic carbocycles. The molecule has 0 amide bonds. The Bertz CT molecular complexity index is 606. The molecule has 1 unspecified atom stereocenters. The maximum Gasteiger partial charge on any atom is 0.0296 e. The van der Waals surface area contributed by atoms with Crippen molar-refractivity contribution in [1.82, 2.24) is 10.2 Å². The van der Waals surface area contributed by atoms with Gasteiger partial charge in [0.1, 0.15) is 0 Å². The van der Waals surface area contributed by atoms with Crippen molar-refractivity contribution in [3.63, 3.8) is 0 Å². The standard InChI is InChI=1S/C24H38N2/c1-19(17-26-16-12-22-7-5-6-8-23(22)18-26)11-15-25-20(2)21-9-13-24(3,4)14-10-21/h5,7,9,19,25H,2,6,8,10-18H2,1,3-4H3. The lowest BCUT2D eigenvalue weighted by molar-refractivity contribution is 0.239. The van der Waals surface area contributed by atoms with Gasteiger partial charge in [-0.05, 0) is 67.4 Å². The highest BCUT2D eigenvalue weighted by molar-refractivity contribution is 5.32. The largest absolute Gasteiger partial charge is 0.385 e. The van der Waals surface area contributed by atoms with Crippen molar-refractivity contribution in [3.8, 4) is 0 Å². The van der Waals surface area contributed by atoms with Crippen LogP contribution in [-0.2, 0) is 0 Å². The van der Waals surface area contributed by atoms with Gasteiger partial charge in [-0.2, -0.15) is 0 Å². The lowest BCUT2D eigenvalue weighted by atomic mass is 9.78. The molecule has 2 heteroatoms. The zero-order chi connectivity index (χ0) is 18.6. The lowest BCUT2D eigenvalue weighted by Crippen LogP contribution is -2.36. The Hall–Kier alpha value is -1.28. The fourth-order valence-electron chi connectivity index (χ4n) is 4.45. The molecule has 1 N–H and O–H groups in total. The second-order valence-electron chi connectivity index (χ2n) is 9.45. The van der Waals surface area contributed by atoms with Crippen molar-refractivity contribution in [2.75, 3.05) is 26.2 Å². The minimum atomic E-state index is 0.468. The minimum absolute atomic E-state index is 0.468. The van der Waals surface area contributed by atoms with E-state index in [4.69, 9.17) is 0 Å². The van der Waals surface area contributed by atoms with Crippen LogP contribution in [-0.4, -0.2) is 31.1 Å². The number of hydrogen-bond acceptors (Lipinski definition) is 2. The van der Waals surface area contributed by atoms with Gasteiger partial charge in [-0.15, -0.1) is 0 Å². The van der Waals surface area contributed by atoms with Crippen LogP contribution < -0.4 is 5.32 Å². The van der Waals surface area contributed by atoms with Gasteiger partial charge in [0.05, 0.1) is 0 Å². The summed E-state index contributed by atoms with van der Waals surface area (Å²) >= 11 is 0. The Kier molecular flexibility index (Phi) is 6.45. The predicted octanol–water partition coefficient (Wildman–Crippen LogP) is 5.60. The first kappa shape index (κ1) is 19.5. The normalized spacial score (nSPS) is 24.0. The van der Waals surface area contributed by atoms with Gasteiger partial charge in [0.2, 0.25) is 0 Å². The van der Waals surface area contributed by atoms with Crippen molar-refractivity contribution < 1.29 is 0 Å². The predicted molar refractivity (Wildman–Crippen MR) is 113 cm³/mol. The van der Waals surface area contributed by atoms with Crippen molar-refractivity contribution in [2.24, 2.45) is 11.3 Å². The summed E-state index contributed by atoms with van der Waals surface area (Å²) in [6.07, 6.45) is 15.7. The summed E-state index contributed by atoms with van der Waals surface area (Å²) in [7, 11) is 0. The third-order valence-electron chi connectivity index (χ3n) is 6.40. The van der Waals surface area contributed by atoms with E-state index in [2.05, 4.69) is 55.8 Å². The molecule has 3 rings (SSSR count). The molecule has 1 heterocycles. The molecule has 0 radical (unpaired) electrons. The summed E-state index contributed by atoms with van der Waals surface area (Å²) in [6, 6.07) is 0. The van der Waals surface area contributed by atoms with Crippen LogP contribution in [0, 0.1) is 11.3 Å². The van der Waals surface area contributed by atoms with Gasteiger partial charge in [-0.3, -0.25) is 4.90 Å². The molecule has 0 spiro atoms. The first-order chi connectivity index (χ1) is 12.4. The Morgan fingerprint density at radius 3 is 2.92 bits per heavy atom. The highest BCUT2D eigenvalue weighted by Gasteiger charge is 2.22. The molecule has 0 aromatic carbocycles. The van der Waals surface area contributed by atoms with Crippen molar-refractivity contribution >= 4 is 0 Å². The van der Waals surface area contributed by atoms with Crippen LogP contribution in [0.2, 0.25) is 0 Å². The summed E-state index contributed by atoms with van der Waals surface area (Å²) in [4.78, 5) is 2.67. The van der Waals surface area contributed by atoms with Crippen molar-refractivity contribution in [3.05, 3.63) is 47.2 Å². The molecule has 0 bridgehead atoms. The van der Waals surface area contributed by atoms with E-state index in [0.29, 0.717) is 5.41 Å². The van der Waals surface area contributed by atoms with E-state index in [1.807, 2.05) is 0 Å². The van der Waals surface area contributed by atoms with Crippen LogP contribution in [0.3, 0.4) is 0 Å². The average molecular weight is 355 g/mol. The van der Waals surface area contributed by atoms with Gasteiger partial charge in [0.25, 0.3) is 0 Å². The topological polar surface area (TPSA) is 15.3 Å². The van der Waals surface area contributed by atoms with E-state index in [-0.39, 0.29) is 0 Å². The first-order valence-corrected chi connectivity index (χ1v) is 10.6. The van der Waals surface area contributed by atoms with Gasteiger partial charge in [-0.25, -0.2) is 0 Å². The fourth-order valence-corrected chi connectivity index (χ4v) is 4.45. The zero-order valence-electron chi connectivity index (χ0n) is 17.2. The third kappa shape index (κ3) is 5.36. The number of nitrogens with zero attached hydrogens (tertiary/aromatic N) is 1. The highest BCUT2D eigenvalue weighted by Crippen LogP contribution is 2.35. The SMILES string of the molecule is C=C(NCCC(C)CN1CCC2=C(CCC=C2)C1)C1=CCC(C)(C)CC1. The summed E-state index contributed by atoms with van der Waals surface area (Å²) < 4.78 is 0.